The Morgan fingerprint density at radius 1 is 1.13 bits per heavy atom. The molecule has 3 aromatic heterocycles. The minimum absolute atomic E-state index is 0.0643. The molecule has 1 amide bonds. The van der Waals surface area contributed by atoms with Gasteiger partial charge in [0, 0.05) is 54.3 Å². The number of carbonyl (C=O) groups excluding carboxylic acids is 1. The van der Waals surface area contributed by atoms with Gasteiger partial charge in [0.1, 0.15) is 52.0 Å². The Hall–Kier alpha value is -5.61. The molecule has 0 bridgehead atoms. The number of likely N-dealkylation sites (tertiary alicyclic amines) is 1. The predicted octanol–water partition coefficient (Wildman–Crippen LogP) is 6.29. The third-order valence-corrected chi connectivity index (χ3v) is 8.16. The lowest BCUT2D eigenvalue weighted by atomic mass is 10.0. The zero-order valence-electron chi connectivity index (χ0n) is 24.2. The molecule has 1 fully saturated rings. The zero-order chi connectivity index (χ0) is 31.3. The molecule has 1 aliphatic heterocycles. The number of carbonyl (C=O) groups is 1. The lowest BCUT2D eigenvalue weighted by molar-refractivity contribution is -0.126. The van der Waals surface area contributed by atoms with Crippen molar-refractivity contribution in [1.82, 2.24) is 24.8 Å². The lowest BCUT2D eigenvalue weighted by Crippen LogP contribution is -2.41. The number of piperidine rings is 1. The Bertz CT molecular complexity index is 1930. The number of aromatic nitrogens is 4. The molecule has 0 atom stereocenters. The Kier molecular flexibility index (Phi) is 8.47. The maximum Gasteiger partial charge on any atom is 0.245 e. The number of pyridine rings is 1. The minimum Gasteiger partial charge on any atom is -0.495 e. The fraction of sp³-hybridized carbons (Fsp3) is 0.188. The minimum atomic E-state index is -0.542. The van der Waals surface area contributed by atoms with Gasteiger partial charge in [-0.3, -0.25) is 9.78 Å². The Balaban J connectivity index is 1.19. The van der Waals surface area contributed by atoms with Gasteiger partial charge in [0.15, 0.2) is 5.69 Å². The Labute approximate surface area is 262 Å². The Morgan fingerprint density at radius 3 is 2.69 bits per heavy atom. The number of hydrogen-bond acceptors (Lipinski definition) is 11. The van der Waals surface area contributed by atoms with E-state index < -0.39 is 5.82 Å². The smallest absolute Gasteiger partial charge is 0.245 e. The van der Waals surface area contributed by atoms with Crippen molar-refractivity contribution in [1.29, 1.82) is 5.26 Å². The van der Waals surface area contributed by atoms with Crippen LogP contribution in [0.25, 0.3) is 21.6 Å². The highest BCUT2D eigenvalue weighted by Gasteiger charge is 2.23. The number of nitrogens with zero attached hydrogens (tertiary/aromatic N) is 6. The molecule has 4 heterocycles. The third-order valence-electron chi connectivity index (χ3n) is 7.30. The average Bonchev–Trinajstić information content (AvgIpc) is 3.56. The molecule has 0 spiro atoms. The summed E-state index contributed by atoms with van der Waals surface area (Å²) in [4.78, 5) is 31.0. The monoisotopic (exact) mass is 622 g/mol. The molecule has 45 heavy (non-hydrogen) atoms. The van der Waals surface area contributed by atoms with Crippen LogP contribution >= 0.6 is 11.3 Å². The van der Waals surface area contributed by atoms with Crippen molar-refractivity contribution >= 4 is 45.3 Å². The van der Waals surface area contributed by atoms with Crippen LogP contribution < -0.4 is 20.1 Å². The fourth-order valence-corrected chi connectivity index (χ4v) is 5.73. The maximum absolute atomic E-state index is 15.3. The van der Waals surface area contributed by atoms with E-state index in [9.17, 15) is 4.79 Å². The maximum atomic E-state index is 15.3. The van der Waals surface area contributed by atoms with Gasteiger partial charge in [-0.25, -0.2) is 19.3 Å². The summed E-state index contributed by atoms with van der Waals surface area (Å²) >= 11 is 1.30. The SMILES string of the molecule is C=CC(=O)N1CCC(Nc2cc3c(Nc4ccc(Oc5ccnc(-c6nc(C#N)cs6)c5)cc4F)ncnc3cc2OC)CC1. The number of fused-ring (bicyclic) bond motifs is 1. The van der Waals surface area contributed by atoms with E-state index in [4.69, 9.17) is 14.7 Å². The van der Waals surface area contributed by atoms with Crippen LogP contribution in [0.5, 0.6) is 17.2 Å². The van der Waals surface area contributed by atoms with Gasteiger partial charge < -0.3 is 25.0 Å². The number of hydrogen-bond donors (Lipinski definition) is 2. The van der Waals surface area contributed by atoms with E-state index in [1.165, 1.54) is 29.8 Å². The third kappa shape index (κ3) is 6.51. The molecule has 1 saturated heterocycles. The molecule has 0 radical (unpaired) electrons. The molecule has 1 aliphatic rings. The number of thiazole rings is 1. The van der Waals surface area contributed by atoms with E-state index in [-0.39, 0.29) is 23.4 Å². The second-order valence-electron chi connectivity index (χ2n) is 10.1. The highest BCUT2D eigenvalue weighted by molar-refractivity contribution is 7.13. The number of rotatable bonds is 9. The number of benzene rings is 2. The van der Waals surface area contributed by atoms with Crippen molar-refractivity contribution < 1.29 is 18.7 Å². The molecule has 11 nitrogen and oxygen atoms in total. The van der Waals surface area contributed by atoms with Gasteiger partial charge in [-0.15, -0.1) is 11.3 Å². The van der Waals surface area contributed by atoms with Gasteiger partial charge in [-0.05, 0) is 43.2 Å². The molecule has 2 aromatic carbocycles. The summed E-state index contributed by atoms with van der Waals surface area (Å²) in [7, 11) is 1.59. The zero-order valence-corrected chi connectivity index (χ0v) is 25.0. The Morgan fingerprint density at radius 2 is 1.96 bits per heavy atom. The summed E-state index contributed by atoms with van der Waals surface area (Å²) < 4.78 is 26.9. The summed E-state index contributed by atoms with van der Waals surface area (Å²) in [5.41, 5.74) is 2.44. The van der Waals surface area contributed by atoms with Crippen LogP contribution in [0.3, 0.4) is 0 Å². The van der Waals surface area contributed by atoms with E-state index in [0.29, 0.717) is 57.7 Å². The average molecular weight is 623 g/mol. The number of anilines is 3. The normalized spacial score (nSPS) is 13.2. The molecule has 2 N–H and O–H groups in total. The molecular formula is C32H27FN8O3S. The number of nitriles is 1. The molecule has 0 unspecified atom stereocenters. The van der Waals surface area contributed by atoms with Crippen molar-refractivity contribution in [2.24, 2.45) is 0 Å². The molecule has 5 aromatic rings. The summed E-state index contributed by atoms with van der Waals surface area (Å²) in [6.45, 7) is 4.83. The van der Waals surface area contributed by atoms with Crippen LogP contribution in [0.1, 0.15) is 18.5 Å². The number of ether oxygens (including phenoxy) is 2. The topological polar surface area (TPSA) is 138 Å². The van der Waals surface area contributed by atoms with Gasteiger partial charge in [-0.1, -0.05) is 6.58 Å². The second kappa shape index (κ2) is 12.9. The van der Waals surface area contributed by atoms with Crippen molar-refractivity contribution in [3.63, 3.8) is 0 Å². The van der Waals surface area contributed by atoms with Crippen LogP contribution in [-0.2, 0) is 4.79 Å². The van der Waals surface area contributed by atoms with Crippen LogP contribution in [0.2, 0.25) is 0 Å². The van der Waals surface area contributed by atoms with E-state index in [1.54, 1.807) is 47.9 Å². The summed E-state index contributed by atoms with van der Waals surface area (Å²) in [5, 5.41) is 18.6. The van der Waals surface area contributed by atoms with Crippen LogP contribution in [0.15, 0.2) is 73.0 Å². The predicted molar refractivity (Wildman–Crippen MR) is 169 cm³/mol. The largest absolute Gasteiger partial charge is 0.495 e. The highest BCUT2D eigenvalue weighted by atomic mass is 32.1. The highest BCUT2D eigenvalue weighted by Crippen LogP contribution is 2.35. The van der Waals surface area contributed by atoms with Crippen molar-refractivity contribution in [2.45, 2.75) is 18.9 Å². The first kappa shape index (κ1) is 29.5. The molecule has 0 saturated carbocycles. The van der Waals surface area contributed by atoms with Gasteiger partial charge >= 0.3 is 0 Å². The first-order chi connectivity index (χ1) is 21.9. The molecule has 13 heteroatoms. The first-order valence-corrected chi connectivity index (χ1v) is 14.9. The quantitative estimate of drug-likeness (QED) is 0.180. The van der Waals surface area contributed by atoms with E-state index in [0.717, 1.165) is 18.5 Å². The van der Waals surface area contributed by atoms with E-state index in [1.807, 2.05) is 18.2 Å². The standard InChI is InChI=1S/C32H27FN8O3S/c1-3-30(42)41-10-7-19(8-11-41)38-27-14-23-26(15-29(27)43-2)36-18-37-31(23)40-25-5-4-21(12-24(25)33)44-22-6-9-35-28(13-22)32-39-20(16-34)17-45-32/h3-6,9,12-15,17-19,38H,1,7-8,10-11H2,2H3,(H,36,37,40). The summed E-state index contributed by atoms with van der Waals surface area (Å²) in [5.74, 6) is 1.16. The summed E-state index contributed by atoms with van der Waals surface area (Å²) in [6.07, 6.45) is 5.85. The van der Waals surface area contributed by atoms with Crippen LogP contribution in [0.4, 0.5) is 21.6 Å². The second-order valence-corrected chi connectivity index (χ2v) is 11.0. The van der Waals surface area contributed by atoms with Gasteiger partial charge in [-0.2, -0.15) is 5.26 Å². The van der Waals surface area contributed by atoms with Crippen molar-refractivity contribution in [2.75, 3.05) is 30.8 Å². The molecule has 226 valence electrons. The van der Waals surface area contributed by atoms with Gasteiger partial charge in [0.2, 0.25) is 5.91 Å². The number of nitrogens with one attached hydrogen (secondary N) is 2. The van der Waals surface area contributed by atoms with E-state index >= 15 is 4.39 Å². The molecule has 6 rings (SSSR count). The number of halogens is 1. The van der Waals surface area contributed by atoms with Crippen LogP contribution in [0, 0.1) is 17.1 Å². The number of amides is 1. The van der Waals surface area contributed by atoms with Crippen molar-refractivity contribution in [3.8, 4) is 34.0 Å². The first-order valence-electron chi connectivity index (χ1n) is 14.0. The van der Waals surface area contributed by atoms with Gasteiger partial charge in [0.25, 0.3) is 0 Å². The van der Waals surface area contributed by atoms with Crippen molar-refractivity contribution in [3.05, 3.63) is 84.5 Å². The van der Waals surface area contributed by atoms with Crippen LogP contribution in [-0.4, -0.2) is 57.0 Å². The lowest BCUT2D eigenvalue weighted by Gasteiger charge is -2.32. The van der Waals surface area contributed by atoms with Gasteiger partial charge in [0.05, 0.1) is 24.0 Å². The molecule has 0 aliphatic carbocycles. The number of methoxy groups -OCH3 is 1. The summed E-state index contributed by atoms with van der Waals surface area (Å²) in [6, 6.07) is 13.7. The van der Waals surface area contributed by atoms with E-state index in [2.05, 4.69) is 37.1 Å². The fourth-order valence-electron chi connectivity index (χ4n) is 5.02. The molecular weight excluding hydrogens is 595 g/mol.